The molecule has 134 valence electrons. The smallest absolute Gasteiger partial charge is 0.272 e. The van der Waals surface area contributed by atoms with Crippen LogP contribution in [0.2, 0.25) is 0 Å². The van der Waals surface area contributed by atoms with Crippen LogP contribution in [-0.2, 0) is 4.79 Å². The van der Waals surface area contributed by atoms with E-state index in [1.54, 1.807) is 36.4 Å². The molecule has 3 aromatic carbocycles. The van der Waals surface area contributed by atoms with E-state index < -0.39 is 5.91 Å². The van der Waals surface area contributed by atoms with E-state index in [4.69, 9.17) is 0 Å². The van der Waals surface area contributed by atoms with Crippen molar-refractivity contribution >= 4 is 39.5 Å². The van der Waals surface area contributed by atoms with Crippen molar-refractivity contribution in [3.8, 4) is 0 Å². The van der Waals surface area contributed by atoms with Gasteiger partial charge in [-0.3, -0.25) is 9.59 Å². The van der Waals surface area contributed by atoms with Crippen LogP contribution < -0.4 is 10.6 Å². The minimum atomic E-state index is -0.395. The maximum Gasteiger partial charge on any atom is 0.272 e. The molecule has 0 aliphatic rings. The molecule has 0 aliphatic heterocycles. The molecule has 0 saturated heterocycles. The van der Waals surface area contributed by atoms with Gasteiger partial charge in [0.2, 0.25) is 0 Å². The Bertz CT molecular complexity index is 970. The molecule has 0 bridgehead atoms. The summed E-state index contributed by atoms with van der Waals surface area (Å²) in [6.07, 6.45) is 1.65. The summed E-state index contributed by atoms with van der Waals surface area (Å²) in [5.41, 5.74) is 2.08. The lowest BCUT2D eigenvalue weighted by atomic mass is 10.1. The maximum absolute atomic E-state index is 12.7. The van der Waals surface area contributed by atoms with Crippen LogP contribution in [0.25, 0.3) is 6.08 Å². The summed E-state index contributed by atoms with van der Waals surface area (Å²) in [6.45, 7) is 0. The molecular weight excluding hydrogens is 404 g/mol. The van der Waals surface area contributed by atoms with Gasteiger partial charge in [0, 0.05) is 15.7 Å². The number of rotatable bonds is 5. The van der Waals surface area contributed by atoms with E-state index in [0.29, 0.717) is 11.3 Å². The van der Waals surface area contributed by atoms with Gasteiger partial charge in [0.25, 0.3) is 11.8 Å². The Balaban J connectivity index is 1.86. The summed E-state index contributed by atoms with van der Waals surface area (Å²) < 4.78 is 0.789. The van der Waals surface area contributed by atoms with Crippen molar-refractivity contribution in [2.24, 2.45) is 0 Å². The highest BCUT2D eigenvalue weighted by atomic mass is 79.9. The number of nitrogens with one attached hydrogen (secondary N) is 2. The fourth-order valence-corrected chi connectivity index (χ4v) is 2.82. The number of carbonyl (C=O) groups is 2. The fourth-order valence-electron chi connectivity index (χ4n) is 2.42. The van der Waals surface area contributed by atoms with Crippen molar-refractivity contribution in [1.82, 2.24) is 5.32 Å². The Morgan fingerprint density at radius 1 is 0.815 bits per heavy atom. The third-order valence-corrected chi connectivity index (χ3v) is 4.22. The molecule has 0 aromatic heterocycles. The normalized spacial score (nSPS) is 10.9. The quantitative estimate of drug-likeness (QED) is 0.579. The first-order valence-corrected chi connectivity index (χ1v) is 9.11. The van der Waals surface area contributed by atoms with E-state index in [9.17, 15) is 9.59 Å². The van der Waals surface area contributed by atoms with Gasteiger partial charge in [-0.25, -0.2) is 0 Å². The van der Waals surface area contributed by atoms with Gasteiger partial charge in [-0.05, 0) is 42.0 Å². The average Bonchev–Trinajstić information content (AvgIpc) is 2.69. The van der Waals surface area contributed by atoms with Gasteiger partial charge in [0.05, 0.1) is 0 Å². The van der Waals surface area contributed by atoms with E-state index in [2.05, 4.69) is 26.6 Å². The molecule has 27 heavy (non-hydrogen) atoms. The first-order chi connectivity index (χ1) is 13.1. The standard InChI is InChI=1S/C22H17BrN2O2/c23-18-11-7-10-17(15-18)21(26)25-20(14-16-8-3-1-4-9-16)22(27)24-19-12-5-2-6-13-19/h1-15H,(H,24,27)(H,25,26). The highest BCUT2D eigenvalue weighted by molar-refractivity contribution is 9.10. The lowest BCUT2D eigenvalue weighted by Crippen LogP contribution is -2.30. The van der Waals surface area contributed by atoms with Crippen LogP contribution in [0.5, 0.6) is 0 Å². The van der Waals surface area contributed by atoms with Crippen molar-refractivity contribution in [3.05, 3.63) is 106 Å². The third kappa shape index (κ3) is 5.39. The van der Waals surface area contributed by atoms with Gasteiger partial charge >= 0.3 is 0 Å². The number of anilines is 1. The number of para-hydroxylation sites is 1. The van der Waals surface area contributed by atoms with Gasteiger partial charge in [-0.1, -0.05) is 70.5 Å². The zero-order valence-corrected chi connectivity index (χ0v) is 15.9. The minimum absolute atomic E-state index is 0.162. The van der Waals surface area contributed by atoms with Gasteiger partial charge in [0.15, 0.2) is 0 Å². The summed E-state index contributed by atoms with van der Waals surface area (Å²) in [5.74, 6) is -0.755. The molecule has 3 rings (SSSR count). The van der Waals surface area contributed by atoms with Crippen LogP contribution in [0, 0.1) is 0 Å². The highest BCUT2D eigenvalue weighted by Crippen LogP contribution is 2.14. The minimum Gasteiger partial charge on any atom is -0.321 e. The Labute approximate surface area is 166 Å². The average molecular weight is 421 g/mol. The van der Waals surface area contributed by atoms with Crippen LogP contribution in [-0.4, -0.2) is 11.8 Å². The Kier molecular flexibility index (Phi) is 6.18. The van der Waals surface area contributed by atoms with Gasteiger partial charge in [-0.15, -0.1) is 0 Å². The second-order valence-corrected chi connectivity index (χ2v) is 6.67. The van der Waals surface area contributed by atoms with Crippen molar-refractivity contribution in [2.45, 2.75) is 0 Å². The maximum atomic E-state index is 12.7. The van der Waals surface area contributed by atoms with Crippen LogP contribution in [0.1, 0.15) is 15.9 Å². The Morgan fingerprint density at radius 2 is 1.48 bits per heavy atom. The van der Waals surface area contributed by atoms with Crippen molar-refractivity contribution < 1.29 is 9.59 Å². The number of amides is 2. The van der Waals surface area contributed by atoms with Crippen LogP contribution in [0.4, 0.5) is 5.69 Å². The Morgan fingerprint density at radius 3 is 2.15 bits per heavy atom. The summed E-state index contributed by atoms with van der Waals surface area (Å²) in [5, 5.41) is 5.52. The molecule has 2 N–H and O–H groups in total. The third-order valence-electron chi connectivity index (χ3n) is 3.72. The molecule has 4 nitrogen and oxygen atoms in total. The molecule has 3 aromatic rings. The molecule has 2 amide bonds. The predicted octanol–water partition coefficient (Wildman–Crippen LogP) is 4.86. The number of hydrogen-bond donors (Lipinski definition) is 2. The SMILES string of the molecule is O=C(Nc1ccccc1)C(=Cc1ccccc1)NC(=O)c1cccc(Br)c1. The molecule has 5 heteroatoms. The van der Waals surface area contributed by atoms with E-state index in [-0.39, 0.29) is 11.6 Å². The van der Waals surface area contributed by atoms with E-state index >= 15 is 0 Å². The number of benzene rings is 3. The van der Waals surface area contributed by atoms with Crippen molar-refractivity contribution in [2.75, 3.05) is 5.32 Å². The predicted molar refractivity (Wildman–Crippen MR) is 111 cm³/mol. The lowest BCUT2D eigenvalue weighted by Gasteiger charge is -2.11. The molecule has 0 saturated carbocycles. The largest absolute Gasteiger partial charge is 0.321 e. The molecule has 0 atom stereocenters. The summed E-state index contributed by atoms with van der Waals surface area (Å²) in [7, 11) is 0. The molecule has 0 aliphatic carbocycles. The van der Waals surface area contributed by atoms with Crippen molar-refractivity contribution in [3.63, 3.8) is 0 Å². The molecule has 0 fully saturated rings. The first kappa shape index (κ1) is 18.6. The van der Waals surface area contributed by atoms with Crippen LogP contribution >= 0.6 is 15.9 Å². The molecule has 0 spiro atoms. The van der Waals surface area contributed by atoms with Crippen LogP contribution in [0.15, 0.2) is 95.1 Å². The highest BCUT2D eigenvalue weighted by Gasteiger charge is 2.15. The number of carbonyl (C=O) groups excluding carboxylic acids is 2. The Hall–Kier alpha value is -3.18. The molecular formula is C22H17BrN2O2. The fraction of sp³-hybridized carbons (Fsp3) is 0. The van der Waals surface area contributed by atoms with E-state index in [1.807, 2.05) is 54.6 Å². The molecule has 0 radical (unpaired) electrons. The van der Waals surface area contributed by atoms with Crippen molar-refractivity contribution in [1.29, 1.82) is 0 Å². The van der Waals surface area contributed by atoms with Gasteiger partial charge in [-0.2, -0.15) is 0 Å². The van der Waals surface area contributed by atoms with Crippen LogP contribution in [0.3, 0.4) is 0 Å². The first-order valence-electron chi connectivity index (χ1n) is 8.32. The number of hydrogen-bond acceptors (Lipinski definition) is 2. The van der Waals surface area contributed by atoms with Gasteiger partial charge in [0.1, 0.15) is 5.70 Å². The molecule has 0 unspecified atom stereocenters. The van der Waals surface area contributed by atoms with E-state index in [0.717, 1.165) is 10.0 Å². The second-order valence-electron chi connectivity index (χ2n) is 5.75. The summed E-state index contributed by atoms with van der Waals surface area (Å²) >= 11 is 3.35. The van der Waals surface area contributed by atoms with E-state index in [1.165, 1.54) is 0 Å². The number of halogens is 1. The lowest BCUT2D eigenvalue weighted by molar-refractivity contribution is -0.113. The second kappa shape index (κ2) is 8.96. The zero-order chi connectivity index (χ0) is 19.1. The monoisotopic (exact) mass is 420 g/mol. The topological polar surface area (TPSA) is 58.2 Å². The molecule has 0 heterocycles. The summed E-state index contributed by atoms with van der Waals surface area (Å²) in [4.78, 5) is 25.3. The summed E-state index contributed by atoms with van der Waals surface area (Å²) in [6, 6.07) is 25.4. The zero-order valence-electron chi connectivity index (χ0n) is 14.4. The van der Waals surface area contributed by atoms with Gasteiger partial charge < -0.3 is 10.6 Å².